The molecule has 4 N–H and O–H groups in total. The molecule has 2 aromatic carbocycles. The topological polar surface area (TPSA) is 103 Å². The molecule has 0 aliphatic carbocycles. The highest BCUT2D eigenvalue weighted by Crippen LogP contribution is 2.41. The second-order valence-electron chi connectivity index (χ2n) is 10.9. The van der Waals surface area contributed by atoms with Crippen LogP contribution in [0.5, 0.6) is 5.75 Å². The molecule has 210 valence electrons. The van der Waals surface area contributed by atoms with Gasteiger partial charge in [0.25, 0.3) is 0 Å². The lowest BCUT2D eigenvalue weighted by Gasteiger charge is -2.30. The average molecular weight is 554 g/mol. The molecule has 0 saturated carbocycles. The Kier molecular flexibility index (Phi) is 6.25. The largest absolute Gasteiger partial charge is 0.494 e. The Labute approximate surface area is 229 Å². The van der Waals surface area contributed by atoms with Gasteiger partial charge in [0.05, 0.1) is 18.2 Å². The number of methoxy groups -OCH3 is 1. The van der Waals surface area contributed by atoms with Crippen LogP contribution >= 0.6 is 0 Å². The molecule has 2 unspecified atom stereocenters. The fourth-order valence-corrected chi connectivity index (χ4v) is 5.90. The van der Waals surface area contributed by atoms with Crippen LogP contribution in [0, 0.1) is 0 Å². The predicted molar refractivity (Wildman–Crippen MR) is 146 cm³/mol. The minimum Gasteiger partial charge on any atom is -0.494 e. The zero-order valence-electron chi connectivity index (χ0n) is 22.3. The fourth-order valence-electron chi connectivity index (χ4n) is 5.90. The van der Waals surface area contributed by atoms with Crippen LogP contribution in [0.2, 0.25) is 0 Å². The number of carbonyl (C=O) groups excluding carboxylic acids is 1. The SMILES string of the molecule is COc1cc(N2CC3CC2CN3)ccc1Nc1ncc(C(F)(F)F)c(NCc2cccc3c2C(C)(C)C(=O)N3)n1. The standard InChI is InChI=1S/C28H30F3N7O2/c1-27(2)23-15(5-4-6-21(23)35-25(27)39)11-33-24-19(28(29,30)31)13-34-26(37-24)36-20-8-7-17(10-22(20)40-3)38-14-16-9-18(38)12-32-16/h4-8,10,13,16,18,32H,9,11-12,14H2,1-3H3,(H,35,39)(H2,33,34,36,37). The molecule has 1 amide bonds. The van der Waals surface area contributed by atoms with Gasteiger partial charge in [-0.2, -0.15) is 18.2 Å². The number of benzene rings is 2. The number of nitrogens with zero attached hydrogens (tertiary/aromatic N) is 3. The number of hydrogen-bond donors (Lipinski definition) is 4. The van der Waals surface area contributed by atoms with E-state index < -0.39 is 17.2 Å². The number of halogens is 3. The summed E-state index contributed by atoms with van der Waals surface area (Å²) < 4.78 is 47.2. The van der Waals surface area contributed by atoms with Crippen molar-refractivity contribution < 1.29 is 22.7 Å². The van der Waals surface area contributed by atoms with E-state index in [0.717, 1.165) is 37.0 Å². The number of anilines is 5. The van der Waals surface area contributed by atoms with E-state index in [-0.39, 0.29) is 24.2 Å². The van der Waals surface area contributed by atoms with Crippen molar-refractivity contribution in [2.45, 2.75) is 50.5 Å². The summed E-state index contributed by atoms with van der Waals surface area (Å²) in [6, 6.07) is 11.9. The first kappa shape index (κ1) is 26.2. The van der Waals surface area contributed by atoms with Crippen LogP contribution in [0.25, 0.3) is 0 Å². The van der Waals surface area contributed by atoms with Crippen LogP contribution in [-0.4, -0.2) is 48.2 Å². The number of aromatic nitrogens is 2. The van der Waals surface area contributed by atoms with E-state index in [1.165, 1.54) is 0 Å². The van der Waals surface area contributed by atoms with E-state index >= 15 is 0 Å². The van der Waals surface area contributed by atoms with Crippen molar-refractivity contribution in [2.24, 2.45) is 0 Å². The third-order valence-electron chi connectivity index (χ3n) is 7.95. The van der Waals surface area contributed by atoms with Crippen molar-refractivity contribution >= 4 is 34.7 Å². The quantitative estimate of drug-likeness (QED) is 0.336. The number of piperazine rings is 1. The Morgan fingerprint density at radius 1 is 1.23 bits per heavy atom. The molecular formula is C28H30F3N7O2. The Balaban J connectivity index is 1.26. The second kappa shape index (κ2) is 9.54. The molecule has 0 spiro atoms. The first-order chi connectivity index (χ1) is 19.0. The summed E-state index contributed by atoms with van der Waals surface area (Å²) in [5.41, 5.74) is 1.87. The lowest BCUT2D eigenvalue weighted by atomic mass is 9.83. The number of rotatable bonds is 7. The van der Waals surface area contributed by atoms with Gasteiger partial charge in [-0.15, -0.1) is 0 Å². The van der Waals surface area contributed by atoms with Gasteiger partial charge in [-0.25, -0.2) is 4.98 Å². The van der Waals surface area contributed by atoms with Crippen LogP contribution in [0.15, 0.2) is 42.6 Å². The van der Waals surface area contributed by atoms with E-state index in [2.05, 4.69) is 36.1 Å². The zero-order valence-corrected chi connectivity index (χ0v) is 22.3. The Morgan fingerprint density at radius 2 is 2.05 bits per heavy atom. The first-order valence-corrected chi connectivity index (χ1v) is 13.1. The summed E-state index contributed by atoms with van der Waals surface area (Å²) in [4.78, 5) is 22.9. The van der Waals surface area contributed by atoms with Crippen LogP contribution in [0.4, 0.5) is 42.0 Å². The summed E-state index contributed by atoms with van der Waals surface area (Å²) in [6.07, 6.45) is -2.80. The van der Waals surface area contributed by atoms with Gasteiger partial charge >= 0.3 is 6.18 Å². The van der Waals surface area contributed by atoms with E-state index in [1.807, 2.05) is 18.2 Å². The van der Waals surface area contributed by atoms with Crippen molar-refractivity contribution in [1.82, 2.24) is 15.3 Å². The monoisotopic (exact) mass is 553 g/mol. The molecule has 2 fully saturated rings. The number of hydrogen-bond acceptors (Lipinski definition) is 8. The highest BCUT2D eigenvalue weighted by molar-refractivity contribution is 6.06. The number of alkyl halides is 3. The molecule has 4 heterocycles. The predicted octanol–water partition coefficient (Wildman–Crippen LogP) is 4.64. The molecule has 2 atom stereocenters. The highest BCUT2D eigenvalue weighted by Gasteiger charge is 2.41. The number of ether oxygens (including phenoxy) is 1. The van der Waals surface area contributed by atoms with E-state index in [4.69, 9.17) is 4.74 Å². The van der Waals surface area contributed by atoms with Crippen molar-refractivity contribution in [2.75, 3.05) is 41.0 Å². The molecule has 6 rings (SSSR count). The van der Waals surface area contributed by atoms with Gasteiger partial charge in [-0.3, -0.25) is 4.79 Å². The normalized spacial score (nSPS) is 20.9. The summed E-state index contributed by atoms with van der Waals surface area (Å²) in [6.45, 7) is 5.47. The average Bonchev–Trinajstić information content (AvgIpc) is 3.61. The molecule has 9 nitrogen and oxygen atoms in total. The molecule has 40 heavy (non-hydrogen) atoms. The number of fused-ring (bicyclic) bond motifs is 3. The molecule has 2 bridgehead atoms. The van der Waals surface area contributed by atoms with Crippen molar-refractivity contribution in [3.05, 3.63) is 59.3 Å². The first-order valence-electron chi connectivity index (χ1n) is 13.1. The number of amides is 1. The zero-order chi connectivity index (χ0) is 28.2. The van der Waals surface area contributed by atoms with Gasteiger partial charge in [-0.1, -0.05) is 12.1 Å². The van der Waals surface area contributed by atoms with E-state index in [9.17, 15) is 18.0 Å². The Bertz CT molecular complexity index is 1480. The Hall–Kier alpha value is -4.06. The molecule has 12 heteroatoms. The number of nitrogens with one attached hydrogen (secondary N) is 4. The fraction of sp³-hybridized carbons (Fsp3) is 0.393. The minimum absolute atomic E-state index is 0.0126. The third-order valence-corrected chi connectivity index (χ3v) is 7.95. The molecule has 0 radical (unpaired) electrons. The summed E-state index contributed by atoms with van der Waals surface area (Å²) in [5.74, 6) is -0.00544. The minimum atomic E-state index is -4.67. The molecule has 3 aliphatic rings. The van der Waals surface area contributed by atoms with Gasteiger partial charge in [-0.05, 0) is 49.6 Å². The van der Waals surface area contributed by atoms with Gasteiger partial charge in [0.2, 0.25) is 11.9 Å². The summed E-state index contributed by atoms with van der Waals surface area (Å²) >= 11 is 0. The van der Waals surface area contributed by atoms with Crippen LogP contribution in [0.3, 0.4) is 0 Å². The molecular weight excluding hydrogens is 523 g/mol. The van der Waals surface area contributed by atoms with Gasteiger partial charge in [0, 0.05) is 55.4 Å². The molecule has 3 aliphatic heterocycles. The highest BCUT2D eigenvalue weighted by atomic mass is 19.4. The maximum absolute atomic E-state index is 13.9. The third kappa shape index (κ3) is 4.55. The maximum Gasteiger partial charge on any atom is 0.421 e. The second-order valence-corrected chi connectivity index (χ2v) is 10.9. The van der Waals surface area contributed by atoms with Crippen molar-refractivity contribution in [3.8, 4) is 5.75 Å². The van der Waals surface area contributed by atoms with Crippen molar-refractivity contribution in [3.63, 3.8) is 0 Å². The lowest BCUT2D eigenvalue weighted by molar-refractivity contribution is -0.137. The molecule has 2 saturated heterocycles. The van der Waals surface area contributed by atoms with Crippen LogP contribution in [-0.2, 0) is 22.9 Å². The number of carbonyl (C=O) groups is 1. The van der Waals surface area contributed by atoms with Crippen LogP contribution in [0.1, 0.15) is 37.0 Å². The Morgan fingerprint density at radius 3 is 2.75 bits per heavy atom. The summed E-state index contributed by atoms with van der Waals surface area (Å²) in [7, 11) is 1.54. The van der Waals surface area contributed by atoms with Gasteiger partial charge in [0.1, 0.15) is 17.1 Å². The smallest absolute Gasteiger partial charge is 0.421 e. The van der Waals surface area contributed by atoms with E-state index in [1.54, 1.807) is 39.2 Å². The van der Waals surface area contributed by atoms with Gasteiger partial charge in [0.15, 0.2) is 0 Å². The van der Waals surface area contributed by atoms with E-state index in [0.29, 0.717) is 34.8 Å². The maximum atomic E-state index is 13.9. The molecule has 3 aromatic rings. The molecule has 1 aromatic heterocycles. The lowest BCUT2D eigenvalue weighted by Crippen LogP contribution is -2.43. The van der Waals surface area contributed by atoms with Gasteiger partial charge < -0.3 is 30.9 Å². The van der Waals surface area contributed by atoms with Crippen LogP contribution < -0.4 is 30.9 Å². The van der Waals surface area contributed by atoms with Crippen molar-refractivity contribution in [1.29, 1.82) is 0 Å². The summed E-state index contributed by atoms with van der Waals surface area (Å²) in [5, 5.41) is 12.2.